The molecule has 2 aromatic rings. The monoisotopic (exact) mass is 480 g/mol. The van der Waals surface area contributed by atoms with Gasteiger partial charge >= 0.3 is 12.1 Å². The highest BCUT2D eigenvalue weighted by atomic mass is 35.5. The molecule has 0 aliphatic heterocycles. The molecule has 11 heteroatoms. The van der Waals surface area contributed by atoms with Gasteiger partial charge in [-0.2, -0.15) is 18.4 Å². The largest absolute Gasteiger partial charge is 0.420 e. The molecule has 2 rings (SSSR count). The number of nitrogens with zero attached hydrogens (tertiary/aromatic N) is 2. The molecule has 0 radical (unpaired) electrons. The van der Waals surface area contributed by atoms with Gasteiger partial charge in [0.25, 0.3) is 5.69 Å². The summed E-state index contributed by atoms with van der Waals surface area (Å²) in [6.45, 7) is 4.45. The van der Waals surface area contributed by atoms with Gasteiger partial charge in [-0.05, 0) is 36.4 Å². The topological polar surface area (TPSA) is 110 Å². The summed E-state index contributed by atoms with van der Waals surface area (Å²) in [5, 5.41) is 21.2. The van der Waals surface area contributed by atoms with Gasteiger partial charge in [-0.15, -0.1) is 0 Å². The minimum absolute atomic E-state index is 0.0282. The zero-order valence-electron chi connectivity index (χ0n) is 17.5. The summed E-state index contributed by atoms with van der Waals surface area (Å²) >= 11 is 5.82. The second kappa shape index (κ2) is 9.42. The van der Waals surface area contributed by atoms with Gasteiger partial charge in [0.2, 0.25) is 0 Å². The van der Waals surface area contributed by atoms with Crippen LogP contribution in [0.15, 0.2) is 48.0 Å². The number of nitriles is 1. The van der Waals surface area contributed by atoms with E-state index in [2.05, 4.69) is 0 Å². The second-order valence-electron chi connectivity index (χ2n) is 7.78. The maximum Gasteiger partial charge on any atom is 0.416 e. The van der Waals surface area contributed by atoms with E-state index < -0.39 is 50.9 Å². The first kappa shape index (κ1) is 25.5. The van der Waals surface area contributed by atoms with Crippen LogP contribution in [-0.2, 0) is 15.7 Å². The molecule has 7 nitrogen and oxygen atoms in total. The molecule has 0 N–H and O–H groups in total. The highest BCUT2D eigenvalue weighted by Crippen LogP contribution is 2.35. The number of carbonyl (C=O) groups excluding carboxylic acids is 2. The van der Waals surface area contributed by atoms with Crippen molar-refractivity contribution in [3.05, 3.63) is 79.9 Å². The van der Waals surface area contributed by atoms with Crippen molar-refractivity contribution >= 4 is 34.8 Å². The number of rotatable bonds is 5. The molecular weight excluding hydrogens is 465 g/mol. The highest BCUT2D eigenvalue weighted by Gasteiger charge is 2.34. The van der Waals surface area contributed by atoms with Crippen molar-refractivity contribution in [2.75, 3.05) is 0 Å². The van der Waals surface area contributed by atoms with Gasteiger partial charge < -0.3 is 4.74 Å². The second-order valence-corrected chi connectivity index (χ2v) is 8.21. The van der Waals surface area contributed by atoms with E-state index in [9.17, 15) is 38.1 Å². The molecule has 172 valence electrons. The van der Waals surface area contributed by atoms with Crippen molar-refractivity contribution in [1.29, 1.82) is 5.26 Å². The smallest absolute Gasteiger partial charge is 0.416 e. The Morgan fingerprint density at radius 2 is 1.67 bits per heavy atom. The van der Waals surface area contributed by atoms with Gasteiger partial charge in [-0.25, -0.2) is 4.79 Å². The molecule has 0 saturated carbocycles. The van der Waals surface area contributed by atoms with Crippen LogP contribution in [0, 0.1) is 26.9 Å². The van der Waals surface area contributed by atoms with Crippen molar-refractivity contribution in [2.45, 2.75) is 26.9 Å². The number of ether oxygens (including phenoxy) is 1. The molecule has 0 amide bonds. The van der Waals surface area contributed by atoms with Crippen molar-refractivity contribution in [2.24, 2.45) is 5.41 Å². The predicted octanol–water partition coefficient (Wildman–Crippen LogP) is 5.97. The van der Waals surface area contributed by atoms with Gasteiger partial charge in [-0.3, -0.25) is 14.9 Å². The summed E-state index contributed by atoms with van der Waals surface area (Å²) in [6, 6.07) is 7.88. The third-order valence-corrected chi connectivity index (χ3v) is 4.53. The van der Waals surface area contributed by atoms with Crippen LogP contribution in [0.1, 0.15) is 42.3 Å². The number of nitro groups is 1. The molecule has 2 aromatic carbocycles. The fourth-order valence-electron chi connectivity index (χ4n) is 2.62. The fraction of sp³-hybridized carbons (Fsp3) is 0.227. The molecular formula is C22H16ClF3N2O5. The van der Waals surface area contributed by atoms with E-state index in [1.807, 2.05) is 0 Å². The average molecular weight is 481 g/mol. The van der Waals surface area contributed by atoms with Crippen LogP contribution < -0.4 is 0 Å². The van der Waals surface area contributed by atoms with Crippen LogP contribution in [-0.4, -0.2) is 16.7 Å². The van der Waals surface area contributed by atoms with Crippen LogP contribution in [0.5, 0.6) is 0 Å². The van der Waals surface area contributed by atoms with E-state index >= 15 is 0 Å². The number of Topliss-reactive ketones (excluding diaryl/α,β-unsaturated/α-hetero) is 1. The third kappa shape index (κ3) is 5.96. The zero-order valence-corrected chi connectivity index (χ0v) is 18.2. The van der Waals surface area contributed by atoms with E-state index in [4.69, 9.17) is 16.3 Å². The quantitative estimate of drug-likeness (QED) is 0.130. The number of carbonyl (C=O) groups is 2. The zero-order chi connectivity index (χ0) is 25.1. The Morgan fingerprint density at radius 3 is 2.12 bits per heavy atom. The van der Waals surface area contributed by atoms with E-state index in [1.54, 1.807) is 6.07 Å². The molecule has 0 unspecified atom stereocenters. The van der Waals surface area contributed by atoms with Gasteiger partial charge in [0.05, 0.1) is 21.6 Å². The summed E-state index contributed by atoms with van der Waals surface area (Å²) in [4.78, 5) is 36.2. The SMILES string of the molecule is CC(C)(C)C(=O)C(C#N)=C(OC(=O)c1ccc(C(F)(F)F)cc1)c1ccc(Cl)cc1[N+](=O)[O-]. The molecule has 0 saturated heterocycles. The molecule has 0 spiro atoms. The van der Waals surface area contributed by atoms with Crippen LogP contribution >= 0.6 is 11.6 Å². The summed E-state index contributed by atoms with van der Waals surface area (Å²) in [5.74, 6) is -2.70. The van der Waals surface area contributed by atoms with E-state index in [0.717, 1.165) is 24.3 Å². The number of allylic oxidation sites excluding steroid dienone is 1. The summed E-state index contributed by atoms with van der Waals surface area (Å²) in [7, 11) is 0. The van der Waals surface area contributed by atoms with E-state index in [1.165, 1.54) is 26.8 Å². The Balaban J connectivity index is 2.68. The number of hydrogen-bond donors (Lipinski definition) is 0. The Morgan fingerprint density at radius 1 is 1.09 bits per heavy atom. The molecule has 0 aliphatic carbocycles. The number of ketones is 1. The van der Waals surface area contributed by atoms with Crippen LogP contribution in [0.4, 0.5) is 18.9 Å². The average Bonchev–Trinajstić information content (AvgIpc) is 2.72. The Kier molecular flexibility index (Phi) is 7.29. The van der Waals surface area contributed by atoms with Crippen molar-refractivity contribution in [1.82, 2.24) is 0 Å². The van der Waals surface area contributed by atoms with Gasteiger partial charge in [0.1, 0.15) is 11.6 Å². The number of hydrogen-bond acceptors (Lipinski definition) is 6. The van der Waals surface area contributed by atoms with Crippen molar-refractivity contribution in [3.63, 3.8) is 0 Å². The first-order chi connectivity index (χ1) is 15.2. The molecule has 0 fully saturated rings. The molecule has 0 bridgehead atoms. The number of esters is 1. The van der Waals surface area contributed by atoms with Crippen LogP contribution in [0.25, 0.3) is 5.76 Å². The number of alkyl halides is 3. The molecule has 33 heavy (non-hydrogen) atoms. The van der Waals surface area contributed by atoms with E-state index in [-0.39, 0.29) is 16.1 Å². The standard InChI is InChI=1S/C22H16ClF3N2O5/c1-21(2,3)19(29)16(11-27)18(15-9-8-14(23)10-17(15)28(31)32)33-20(30)12-4-6-13(7-5-12)22(24,25)26/h4-10H,1-3H3. The summed E-state index contributed by atoms with van der Waals surface area (Å²) in [6.07, 6.45) is -4.63. The van der Waals surface area contributed by atoms with Gasteiger partial charge in [0, 0.05) is 16.5 Å². The third-order valence-electron chi connectivity index (χ3n) is 4.29. The summed E-state index contributed by atoms with van der Waals surface area (Å²) < 4.78 is 43.6. The minimum atomic E-state index is -4.63. The Bertz CT molecular complexity index is 1190. The lowest BCUT2D eigenvalue weighted by molar-refractivity contribution is -0.385. The molecule has 0 aliphatic rings. The first-order valence-electron chi connectivity index (χ1n) is 9.19. The van der Waals surface area contributed by atoms with Crippen molar-refractivity contribution < 1.29 is 32.4 Å². The van der Waals surface area contributed by atoms with Gasteiger partial charge in [-0.1, -0.05) is 32.4 Å². The number of nitro benzene ring substituents is 1. The van der Waals surface area contributed by atoms with Gasteiger partial charge in [0.15, 0.2) is 11.5 Å². The first-order valence-corrected chi connectivity index (χ1v) is 9.57. The number of halogens is 4. The van der Waals surface area contributed by atoms with Crippen LogP contribution in [0.3, 0.4) is 0 Å². The lowest BCUT2D eigenvalue weighted by atomic mass is 9.85. The lowest BCUT2D eigenvalue weighted by Gasteiger charge is -2.18. The predicted molar refractivity (Wildman–Crippen MR) is 112 cm³/mol. The maximum atomic E-state index is 12.8. The van der Waals surface area contributed by atoms with Crippen LogP contribution in [0.2, 0.25) is 5.02 Å². The van der Waals surface area contributed by atoms with Crippen molar-refractivity contribution in [3.8, 4) is 6.07 Å². The summed E-state index contributed by atoms with van der Waals surface area (Å²) in [5.41, 5.74) is -4.17. The Labute approximate surface area is 191 Å². The lowest BCUT2D eigenvalue weighted by Crippen LogP contribution is -2.23. The molecule has 0 atom stereocenters. The maximum absolute atomic E-state index is 12.8. The number of benzene rings is 2. The van der Waals surface area contributed by atoms with E-state index in [0.29, 0.717) is 12.1 Å². The molecule has 0 heterocycles. The Hall–Kier alpha value is -3.71. The minimum Gasteiger partial charge on any atom is -0.420 e. The molecule has 0 aromatic heterocycles. The normalized spacial score (nSPS) is 12.4. The highest BCUT2D eigenvalue weighted by molar-refractivity contribution is 6.30. The fourth-order valence-corrected chi connectivity index (χ4v) is 2.78.